The molecule has 0 aliphatic heterocycles. The first-order valence-electron chi connectivity index (χ1n) is 17.5. The molecule has 2 rings (SSSR count). The summed E-state index contributed by atoms with van der Waals surface area (Å²) in [5.41, 5.74) is -0.743. The fourth-order valence-electron chi connectivity index (χ4n) is 8.07. The molecule has 2 fully saturated rings. The number of esters is 4. The van der Waals surface area contributed by atoms with Crippen molar-refractivity contribution in [3.8, 4) is 0 Å². The second-order valence-electron chi connectivity index (χ2n) is 16.0. The molecule has 2 N–H and O–H groups in total. The molecular formula is C37H58N2O12. The first kappa shape index (κ1) is 43.1. The Balaban J connectivity index is 1.77. The molecule has 14 heteroatoms. The molecule has 0 heterocycles. The van der Waals surface area contributed by atoms with Crippen molar-refractivity contribution in [2.45, 2.75) is 118 Å². The van der Waals surface area contributed by atoms with Crippen LogP contribution >= 0.6 is 0 Å². The highest BCUT2D eigenvalue weighted by atomic mass is 16.7. The third-order valence-electron chi connectivity index (χ3n) is 9.29. The normalized spacial score (nSPS) is 24.8. The molecule has 2 amide bonds. The number of nitrogens with one attached hydrogen (secondary N) is 2. The zero-order valence-electron chi connectivity index (χ0n) is 31.2. The van der Waals surface area contributed by atoms with Gasteiger partial charge in [-0.3, -0.25) is 9.59 Å². The molecule has 0 aromatic rings. The molecule has 0 saturated heterocycles. The number of rotatable bonds is 18. The number of carbonyl (C=O) groups excluding carboxylic acids is 6. The molecule has 51 heavy (non-hydrogen) atoms. The molecule has 0 radical (unpaired) electrons. The summed E-state index contributed by atoms with van der Waals surface area (Å²) in [6.45, 7) is 18.5. The van der Waals surface area contributed by atoms with E-state index in [0.29, 0.717) is 38.5 Å². The molecule has 2 aliphatic rings. The largest absolute Gasteiger partial charge is 0.462 e. The van der Waals surface area contributed by atoms with Gasteiger partial charge in [-0.2, -0.15) is 0 Å². The fraction of sp³-hybridized carbons (Fsp3) is 0.730. The monoisotopic (exact) mass is 722 g/mol. The van der Waals surface area contributed by atoms with Gasteiger partial charge in [0, 0.05) is 37.1 Å². The number of amides is 2. The number of alkyl carbamates (subject to hydrolysis) is 2. The summed E-state index contributed by atoms with van der Waals surface area (Å²) < 4.78 is 30.4. The Hall–Kier alpha value is -4.10. The Kier molecular flexibility index (Phi) is 16.5. The minimum atomic E-state index is -0.710. The maximum Gasteiger partial charge on any atom is 0.410 e. The Labute approximate surface area is 301 Å². The van der Waals surface area contributed by atoms with E-state index >= 15 is 0 Å². The van der Waals surface area contributed by atoms with Gasteiger partial charge in [0.15, 0.2) is 0 Å². The maximum atomic E-state index is 12.7. The highest BCUT2D eigenvalue weighted by Crippen LogP contribution is 2.49. The van der Waals surface area contributed by atoms with Gasteiger partial charge in [0.1, 0.15) is 26.4 Å². The lowest BCUT2D eigenvalue weighted by Crippen LogP contribution is -2.48. The van der Waals surface area contributed by atoms with E-state index in [9.17, 15) is 28.8 Å². The zero-order chi connectivity index (χ0) is 38.3. The fourth-order valence-corrected chi connectivity index (χ4v) is 8.07. The van der Waals surface area contributed by atoms with Crippen LogP contribution in [0.15, 0.2) is 25.3 Å². The third-order valence-corrected chi connectivity index (χ3v) is 9.29. The van der Waals surface area contributed by atoms with Crippen molar-refractivity contribution < 1.29 is 57.2 Å². The van der Waals surface area contributed by atoms with Crippen LogP contribution in [0.2, 0.25) is 0 Å². The highest BCUT2D eigenvalue weighted by Gasteiger charge is 2.43. The topological polar surface area (TPSA) is 182 Å². The van der Waals surface area contributed by atoms with E-state index in [1.807, 2.05) is 0 Å². The van der Waals surface area contributed by atoms with Crippen molar-refractivity contribution in [2.75, 3.05) is 33.2 Å². The van der Waals surface area contributed by atoms with Gasteiger partial charge >= 0.3 is 36.1 Å². The van der Waals surface area contributed by atoms with Crippen LogP contribution in [0, 0.1) is 21.7 Å². The molecule has 4 unspecified atom stereocenters. The van der Waals surface area contributed by atoms with Gasteiger partial charge in [0.2, 0.25) is 6.79 Å². The quantitative estimate of drug-likeness (QED) is 0.0582. The van der Waals surface area contributed by atoms with E-state index < -0.39 is 42.9 Å². The van der Waals surface area contributed by atoms with Crippen LogP contribution in [0.4, 0.5) is 9.59 Å². The van der Waals surface area contributed by atoms with Crippen molar-refractivity contribution in [3.05, 3.63) is 25.3 Å². The first-order chi connectivity index (χ1) is 23.8. The Bertz CT molecular complexity index is 1170. The van der Waals surface area contributed by atoms with Crippen LogP contribution in [-0.4, -0.2) is 81.4 Å². The summed E-state index contributed by atoms with van der Waals surface area (Å²) >= 11 is 0. The molecule has 288 valence electrons. The summed E-state index contributed by atoms with van der Waals surface area (Å²) in [5, 5.41) is 5.78. The SMILES string of the molecule is C=CC(=O)OCCOC(=O)CCC1(C)CC(NC(=O)OCOC(=O)NC2CC(C)(C)CC(C)(CCC(=O)OCCOC(=O)C=C)C2)CC(C)(C)C1. The van der Waals surface area contributed by atoms with Gasteiger partial charge in [0.05, 0.1) is 0 Å². The van der Waals surface area contributed by atoms with E-state index in [2.05, 4.69) is 65.3 Å². The van der Waals surface area contributed by atoms with Crippen molar-refractivity contribution in [1.29, 1.82) is 0 Å². The van der Waals surface area contributed by atoms with Crippen molar-refractivity contribution >= 4 is 36.1 Å². The molecule has 0 aromatic carbocycles. The van der Waals surface area contributed by atoms with Crippen LogP contribution in [0.3, 0.4) is 0 Å². The summed E-state index contributed by atoms with van der Waals surface area (Å²) in [6.07, 6.45) is 6.47. The molecule has 4 atom stereocenters. The van der Waals surface area contributed by atoms with Crippen LogP contribution < -0.4 is 10.6 Å². The average Bonchev–Trinajstić information content (AvgIpc) is 3.01. The Morgan fingerprint density at radius 3 is 1.27 bits per heavy atom. The first-order valence-corrected chi connectivity index (χ1v) is 17.5. The van der Waals surface area contributed by atoms with Gasteiger partial charge < -0.3 is 39.1 Å². The van der Waals surface area contributed by atoms with Crippen LogP contribution in [-0.2, 0) is 47.6 Å². The smallest absolute Gasteiger partial charge is 0.410 e. The predicted octanol–water partition coefficient (Wildman–Crippen LogP) is 5.67. The lowest BCUT2D eigenvalue weighted by atomic mass is 9.61. The van der Waals surface area contributed by atoms with Gasteiger partial charge in [-0.05, 0) is 73.0 Å². The summed E-state index contributed by atoms with van der Waals surface area (Å²) in [7, 11) is 0. The van der Waals surface area contributed by atoms with Gasteiger partial charge in [-0.15, -0.1) is 0 Å². The van der Waals surface area contributed by atoms with Crippen LogP contribution in [0.5, 0.6) is 0 Å². The van der Waals surface area contributed by atoms with E-state index in [-0.39, 0.29) is 73.0 Å². The van der Waals surface area contributed by atoms with E-state index in [1.165, 1.54) is 0 Å². The van der Waals surface area contributed by atoms with E-state index in [4.69, 9.17) is 28.4 Å². The van der Waals surface area contributed by atoms with Gasteiger partial charge in [0.25, 0.3) is 0 Å². The second kappa shape index (κ2) is 19.5. The van der Waals surface area contributed by atoms with Gasteiger partial charge in [-0.1, -0.05) is 54.7 Å². The van der Waals surface area contributed by atoms with E-state index in [0.717, 1.165) is 25.0 Å². The number of hydrogen-bond acceptors (Lipinski definition) is 12. The molecule has 2 aliphatic carbocycles. The molecular weight excluding hydrogens is 664 g/mol. The average molecular weight is 723 g/mol. The predicted molar refractivity (Wildman–Crippen MR) is 186 cm³/mol. The maximum absolute atomic E-state index is 12.7. The minimum absolute atomic E-state index is 0.0347. The molecule has 0 bridgehead atoms. The van der Waals surface area contributed by atoms with Crippen molar-refractivity contribution in [2.24, 2.45) is 21.7 Å². The lowest BCUT2D eigenvalue weighted by molar-refractivity contribution is -0.150. The van der Waals surface area contributed by atoms with Gasteiger partial charge in [-0.25, -0.2) is 19.2 Å². The van der Waals surface area contributed by atoms with Crippen molar-refractivity contribution in [1.82, 2.24) is 10.6 Å². The Morgan fingerprint density at radius 2 is 0.922 bits per heavy atom. The molecule has 2 saturated carbocycles. The van der Waals surface area contributed by atoms with Crippen LogP contribution in [0.1, 0.15) is 106 Å². The number of hydrogen-bond donors (Lipinski definition) is 2. The highest BCUT2D eigenvalue weighted by molar-refractivity contribution is 5.81. The number of ether oxygens (including phenoxy) is 6. The molecule has 0 aromatic heterocycles. The summed E-state index contributed by atoms with van der Waals surface area (Å²) in [4.78, 5) is 72.2. The molecule has 14 nitrogen and oxygen atoms in total. The summed E-state index contributed by atoms with van der Waals surface area (Å²) in [6, 6.07) is -0.438. The third kappa shape index (κ3) is 17.1. The lowest BCUT2D eigenvalue weighted by Gasteiger charge is -2.46. The standard InChI is InChI=1S/C37H58N2O12/c1-9-28(40)46-15-17-48-30(42)11-13-36(7)21-26(19-34(3,4)23-36)38-32(44)50-25-51-33(45)39-27-20-35(5,6)24-37(8,22-27)14-12-31(43)49-18-16-47-29(41)10-2/h9-10,26-27H,1-2,11-25H2,3-8H3,(H,38,44)(H,39,45). The molecule has 0 spiro atoms. The zero-order valence-corrected chi connectivity index (χ0v) is 31.2. The van der Waals surface area contributed by atoms with E-state index in [1.54, 1.807) is 0 Å². The minimum Gasteiger partial charge on any atom is -0.462 e. The van der Waals surface area contributed by atoms with Crippen molar-refractivity contribution in [3.63, 3.8) is 0 Å². The second-order valence-corrected chi connectivity index (χ2v) is 16.0. The number of carbonyl (C=O) groups is 6. The Morgan fingerprint density at radius 1 is 0.569 bits per heavy atom. The van der Waals surface area contributed by atoms with Crippen LogP contribution in [0.25, 0.3) is 0 Å². The summed E-state index contributed by atoms with van der Waals surface area (Å²) in [5.74, 6) is -1.95.